The second-order valence-corrected chi connectivity index (χ2v) is 6.56. The highest BCUT2D eigenvalue weighted by Crippen LogP contribution is 2.51. The predicted molar refractivity (Wildman–Crippen MR) is 81.1 cm³/mol. The molecule has 1 aromatic heterocycles. The number of piperidine rings is 1. The summed E-state index contributed by atoms with van der Waals surface area (Å²) in [6.45, 7) is 5.26. The van der Waals surface area contributed by atoms with Crippen molar-refractivity contribution in [1.29, 1.82) is 0 Å². The van der Waals surface area contributed by atoms with Crippen LogP contribution in [0, 0.1) is 24.7 Å². The van der Waals surface area contributed by atoms with Crippen molar-refractivity contribution in [3.8, 4) is 0 Å². The lowest BCUT2D eigenvalue weighted by Gasteiger charge is -2.16. The summed E-state index contributed by atoms with van der Waals surface area (Å²) in [5, 5.41) is 17.5. The van der Waals surface area contributed by atoms with Crippen LogP contribution >= 0.6 is 0 Å². The SMILES string of the molecule is Cc1ccccc1Cc1nnc(CN2C[C@@H]3C(CO)[C@@H]3C2)o1. The fourth-order valence-corrected chi connectivity index (χ4v) is 3.72. The third-order valence-electron chi connectivity index (χ3n) is 5.13. The lowest BCUT2D eigenvalue weighted by molar-refractivity contribution is 0.207. The van der Waals surface area contributed by atoms with Crippen LogP contribution in [0.4, 0.5) is 0 Å². The second kappa shape index (κ2) is 5.48. The Balaban J connectivity index is 1.36. The van der Waals surface area contributed by atoms with E-state index in [2.05, 4.69) is 34.2 Å². The van der Waals surface area contributed by atoms with Gasteiger partial charge in [-0.25, -0.2) is 0 Å². The number of aliphatic hydroxyl groups is 1. The van der Waals surface area contributed by atoms with Gasteiger partial charge in [-0.1, -0.05) is 24.3 Å². The summed E-state index contributed by atoms with van der Waals surface area (Å²) in [4.78, 5) is 2.35. The molecule has 22 heavy (non-hydrogen) atoms. The Morgan fingerprint density at radius 3 is 2.64 bits per heavy atom. The van der Waals surface area contributed by atoms with Crippen LogP contribution in [0.3, 0.4) is 0 Å². The summed E-state index contributed by atoms with van der Waals surface area (Å²) in [6.07, 6.45) is 0.692. The Morgan fingerprint density at radius 2 is 1.91 bits per heavy atom. The van der Waals surface area contributed by atoms with E-state index in [1.807, 2.05) is 12.1 Å². The van der Waals surface area contributed by atoms with E-state index in [1.165, 1.54) is 11.1 Å². The minimum atomic E-state index is 0.338. The molecule has 116 valence electrons. The first kappa shape index (κ1) is 13.9. The van der Waals surface area contributed by atoms with E-state index in [4.69, 9.17) is 4.42 Å². The van der Waals surface area contributed by atoms with Crippen LogP contribution in [-0.4, -0.2) is 39.9 Å². The van der Waals surface area contributed by atoms with E-state index in [-0.39, 0.29) is 0 Å². The van der Waals surface area contributed by atoms with E-state index >= 15 is 0 Å². The van der Waals surface area contributed by atoms with Crippen molar-refractivity contribution in [2.45, 2.75) is 19.9 Å². The van der Waals surface area contributed by atoms with Crippen LogP contribution in [0.25, 0.3) is 0 Å². The Morgan fingerprint density at radius 1 is 1.18 bits per heavy atom. The summed E-state index contributed by atoms with van der Waals surface area (Å²) >= 11 is 0. The smallest absolute Gasteiger partial charge is 0.230 e. The molecule has 2 fully saturated rings. The molecule has 0 spiro atoms. The van der Waals surface area contributed by atoms with Crippen molar-refractivity contribution in [1.82, 2.24) is 15.1 Å². The van der Waals surface area contributed by atoms with Crippen LogP contribution in [0.5, 0.6) is 0 Å². The average molecular weight is 299 g/mol. The van der Waals surface area contributed by atoms with Crippen LogP contribution in [0.1, 0.15) is 22.9 Å². The Kier molecular flexibility index (Phi) is 3.47. The van der Waals surface area contributed by atoms with Gasteiger partial charge in [0, 0.05) is 19.7 Å². The molecule has 2 aromatic rings. The second-order valence-electron chi connectivity index (χ2n) is 6.56. The highest BCUT2D eigenvalue weighted by atomic mass is 16.4. The zero-order valence-corrected chi connectivity index (χ0v) is 12.8. The highest BCUT2D eigenvalue weighted by molar-refractivity contribution is 5.27. The standard InChI is InChI=1S/C17H21N3O2/c1-11-4-2-3-5-12(11)6-16-18-19-17(22-16)9-20-7-13-14(8-20)15(13)10-21/h2-5,13-15,21H,6-10H2,1H3/t13-,14+,15?. The zero-order chi connectivity index (χ0) is 15.1. The monoisotopic (exact) mass is 299 g/mol. The van der Waals surface area contributed by atoms with Gasteiger partial charge in [0.05, 0.1) is 13.0 Å². The number of fused-ring (bicyclic) bond motifs is 1. The lowest BCUT2D eigenvalue weighted by atomic mass is 10.1. The number of hydrogen-bond acceptors (Lipinski definition) is 5. The van der Waals surface area contributed by atoms with Gasteiger partial charge in [-0.2, -0.15) is 0 Å². The van der Waals surface area contributed by atoms with Gasteiger partial charge in [-0.05, 0) is 35.8 Å². The summed E-state index contributed by atoms with van der Waals surface area (Å²) in [6, 6.07) is 8.27. The number of benzene rings is 1. The van der Waals surface area contributed by atoms with Gasteiger partial charge >= 0.3 is 0 Å². The van der Waals surface area contributed by atoms with E-state index in [1.54, 1.807) is 0 Å². The largest absolute Gasteiger partial charge is 0.424 e. The third-order valence-corrected chi connectivity index (χ3v) is 5.13. The molecule has 1 N–H and O–H groups in total. The molecule has 4 rings (SSSR count). The number of rotatable bonds is 5. The fraction of sp³-hybridized carbons (Fsp3) is 0.529. The van der Waals surface area contributed by atoms with Gasteiger partial charge in [0.25, 0.3) is 0 Å². The van der Waals surface area contributed by atoms with Crippen molar-refractivity contribution < 1.29 is 9.52 Å². The van der Waals surface area contributed by atoms with Crippen molar-refractivity contribution in [3.05, 3.63) is 47.2 Å². The predicted octanol–water partition coefficient (Wildman–Crippen LogP) is 1.64. The van der Waals surface area contributed by atoms with Crippen molar-refractivity contribution in [3.63, 3.8) is 0 Å². The van der Waals surface area contributed by atoms with Gasteiger partial charge in [-0.3, -0.25) is 4.90 Å². The van der Waals surface area contributed by atoms with E-state index in [0.717, 1.165) is 19.6 Å². The molecular weight excluding hydrogens is 278 g/mol. The summed E-state index contributed by atoms with van der Waals surface area (Å²) < 4.78 is 5.79. The topological polar surface area (TPSA) is 62.4 Å². The zero-order valence-electron chi connectivity index (χ0n) is 12.8. The number of hydrogen-bond donors (Lipinski definition) is 1. The molecule has 2 aliphatic rings. The quantitative estimate of drug-likeness (QED) is 0.909. The number of aliphatic hydroxyl groups excluding tert-OH is 1. The van der Waals surface area contributed by atoms with E-state index < -0.39 is 0 Å². The maximum absolute atomic E-state index is 9.19. The first-order valence-electron chi connectivity index (χ1n) is 7.93. The Hall–Kier alpha value is -1.72. The molecule has 1 saturated carbocycles. The number of aromatic nitrogens is 2. The maximum atomic E-state index is 9.19. The molecule has 1 aliphatic heterocycles. The molecule has 3 atom stereocenters. The fourth-order valence-electron chi connectivity index (χ4n) is 3.72. The minimum absolute atomic E-state index is 0.338. The highest BCUT2D eigenvalue weighted by Gasteiger charge is 2.54. The van der Waals surface area contributed by atoms with Crippen LogP contribution in [-0.2, 0) is 13.0 Å². The van der Waals surface area contributed by atoms with Crippen molar-refractivity contribution in [2.24, 2.45) is 17.8 Å². The summed E-state index contributed by atoms with van der Waals surface area (Å²) in [5.74, 6) is 3.28. The molecule has 1 saturated heterocycles. The number of likely N-dealkylation sites (tertiary alicyclic amines) is 1. The first-order chi connectivity index (χ1) is 10.7. The minimum Gasteiger partial charge on any atom is -0.424 e. The van der Waals surface area contributed by atoms with Gasteiger partial charge in [-0.15, -0.1) is 10.2 Å². The average Bonchev–Trinajstić information content (AvgIpc) is 2.87. The molecule has 5 nitrogen and oxygen atoms in total. The molecule has 0 radical (unpaired) electrons. The maximum Gasteiger partial charge on any atom is 0.230 e. The van der Waals surface area contributed by atoms with Gasteiger partial charge < -0.3 is 9.52 Å². The molecule has 1 aliphatic carbocycles. The molecule has 0 bridgehead atoms. The molecule has 2 heterocycles. The summed E-state index contributed by atoms with van der Waals surface area (Å²) in [5.41, 5.74) is 2.47. The lowest BCUT2D eigenvalue weighted by Crippen LogP contribution is -2.24. The van der Waals surface area contributed by atoms with E-state index in [0.29, 0.717) is 42.6 Å². The van der Waals surface area contributed by atoms with Gasteiger partial charge in [0.1, 0.15) is 0 Å². The molecule has 1 aromatic carbocycles. The molecular formula is C17H21N3O2. The molecule has 1 unspecified atom stereocenters. The Bertz CT molecular complexity index is 657. The number of nitrogens with zero attached hydrogens (tertiary/aromatic N) is 3. The van der Waals surface area contributed by atoms with Crippen LogP contribution in [0.2, 0.25) is 0 Å². The van der Waals surface area contributed by atoms with Gasteiger partial charge in [0.2, 0.25) is 11.8 Å². The Labute approximate surface area is 130 Å². The number of aryl methyl sites for hydroxylation is 1. The normalized spacial score (nSPS) is 27.1. The molecule has 5 heteroatoms. The summed E-state index contributed by atoms with van der Waals surface area (Å²) in [7, 11) is 0. The third kappa shape index (κ3) is 2.55. The van der Waals surface area contributed by atoms with Crippen molar-refractivity contribution >= 4 is 0 Å². The molecule has 0 amide bonds. The van der Waals surface area contributed by atoms with Gasteiger partial charge in [0.15, 0.2) is 0 Å². The van der Waals surface area contributed by atoms with E-state index in [9.17, 15) is 5.11 Å². The van der Waals surface area contributed by atoms with Crippen LogP contribution < -0.4 is 0 Å². The van der Waals surface area contributed by atoms with Crippen LogP contribution in [0.15, 0.2) is 28.7 Å². The van der Waals surface area contributed by atoms with Crippen molar-refractivity contribution in [2.75, 3.05) is 19.7 Å². The first-order valence-corrected chi connectivity index (χ1v) is 7.93.